The molecule has 104 valence electrons. The summed E-state index contributed by atoms with van der Waals surface area (Å²) in [5.74, 6) is 0.846. The number of benzene rings is 2. The van der Waals surface area contributed by atoms with E-state index in [-0.39, 0.29) is 11.4 Å². The van der Waals surface area contributed by atoms with Crippen LogP contribution in [0.4, 0.5) is 5.69 Å². The summed E-state index contributed by atoms with van der Waals surface area (Å²) >= 11 is 11.8. The lowest BCUT2D eigenvalue weighted by molar-refractivity contribution is -0.385. The minimum Gasteiger partial charge on any atom is -0.449 e. The van der Waals surface area contributed by atoms with Gasteiger partial charge in [-0.2, -0.15) is 0 Å². The van der Waals surface area contributed by atoms with Crippen LogP contribution in [0.15, 0.2) is 36.4 Å². The van der Waals surface area contributed by atoms with Gasteiger partial charge in [0.15, 0.2) is 0 Å². The Morgan fingerprint density at radius 2 is 1.90 bits per heavy atom. The first-order valence-corrected chi connectivity index (χ1v) is 6.70. The molecule has 0 atom stereocenters. The Balaban J connectivity index is 2.37. The Kier molecular flexibility index (Phi) is 4.47. The predicted octanol–water partition coefficient (Wildman–Crippen LogP) is 5.09. The van der Waals surface area contributed by atoms with E-state index in [9.17, 15) is 10.1 Å². The molecule has 0 N–H and O–H groups in total. The molecule has 0 aliphatic rings. The van der Waals surface area contributed by atoms with Gasteiger partial charge >= 0.3 is 5.69 Å². The smallest absolute Gasteiger partial charge is 0.311 e. The van der Waals surface area contributed by atoms with E-state index >= 15 is 0 Å². The van der Waals surface area contributed by atoms with Crippen LogP contribution in [-0.2, 0) is 5.88 Å². The Labute approximate surface area is 126 Å². The molecule has 2 rings (SSSR count). The van der Waals surface area contributed by atoms with Gasteiger partial charge in [0.05, 0.1) is 9.95 Å². The average Bonchev–Trinajstić information content (AvgIpc) is 2.42. The van der Waals surface area contributed by atoms with Crippen LogP contribution in [-0.4, -0.2) is 4.92 Å². The summed E-state index contributed by atoms with van der Waals surface area (Å²) in [7, 11) is 0. The predicted molar refractivity (Wildman–Crippen MR) is 78.9 cm³/mol. The van der Waals surface area contributed by atoms with E-state index in [4.69, 9.17) is 27.9 Å². The molecule has 0 aliphatic heterocycles. The summed E-state index contributed by atoms with van der Waals surface area (Å²) in [6.45, 7) is 1.78. The Morgan fingerprint density at radius 1 is 1.20 bits per heavy atom. The zero-order chi connectivity index (χ0) is 14.7. The van der Waals surface area contributed by atoms with Crippen LogP contribution in [0.25, 0.3) is 0 Å². The summed E-state index contributed by atoms with van der Waals surface area (Å²) in [4.78, 5) is 10.5. The monoisotopic (exact) mass is 311 g/mol. The molecule has 0 fully saturated rings. The number of halogens is 2. The van der Waals surface area contributed by atoms with Gasteiger partial charge in [0.2, 0.25) is 5.75 Å². The molecule has 4 nitrogen and oxygen atoms in total. The fraction of sp³-hybridized carbons (Fsp3) is 0.143. The first-order chi connectivity index (χ1) is 9.51. The van der Waals surface area contributed by atoms with Crippen LogP contribution < -0.4 is 4.74 Å². The molecule has 0 aromatic heterocycles. The van der Waals surface area contributed by atoms with Crippen LogP contribution in [0.5, 0.6) is 11.5 Å². The second-order valence-electron chi connectivity index (χ2n) is 4.23. The third-order valence-corrected chi connectivity index (χ3v) is 3.29. The van der Waals surface area contributed by atoms with Crippen molar-refractivity contribution in [3.05, 3.63) is 62.7 Å². The van der Waals surface area contributed by atoms with Gasteiger partial charge in [0.25, 0.3) is 0 Å². The van der Waals surface area contributed by atoms with Crippen LogP contribution in [0.2, 0.25) is 5.02 Å². The number of alkyl halides is 1. The van der Waals surface area contributed by atoms with Crippen molar-refractivity contribution in [1.82, 2.24) is 0 Å². The van der Waals surface area contributed by atoms with Gasteiger partial charge in [0.1, 0.15) is 5.75 Å². The van der Waals surface area contributed by atoms with Gasteiger partial charge in [-0.1, -0.05) is 23.7 Å². The van der Waals surface area contributed by atoms with Crippen molar-refractivity contribution in [3.8, 4) is 11.5 Å². The van der Waals surface area contributed by atoms with Gasteiger partial charge < -0.3 is 4.74 Å². The Morgan fingerprint density at radius 3 is 2.50 bits per heavy atom. The SMILES string of the molecule is Cc1ccc(Oc2ccc(CCl)cc2Cl)c([N+](=O)[O-])c1. The van der Waals surface area contributed by atoms with Gasteiger partial charge in [-0.05, 0) is 36.2 Å². The summed E-state index contributed by atoms with van der Waals surface area (Å²) < 4.78 is 5.54. The topological polar surface area (TPSA) is 52.4 Å². The molecule has 2 aromatic carbocycles. The molecule has 0 amide bonds. The minimum absolute atomic E-state index is 0.0949. The van der Waals surface area contributed by atoms with Crippen molar-refractivity contribution >= 4 is 28.9 Å². The molecule has 0 aliphatic carbocycles. The van der Waals surface area contributed by atoms with Crippen LogP contribution in [0, 0.1) is 17.0 Å². The highest BCUT2D eigenvalue weighted by molar-refractivity contribution is 6.32. The van der Waals surface area contributed by atoms with E-state index in [1.54, 1.807) is 37.3 Å². The average molecular weight is 312 g/mol. The fourth-order valence-electron chi connectivity index (χ4n) is 1.69. The zero-order valence-corrected chi connectivity index (χ0v) is 12.1. The lowest BCUT2D eigenvalue weighted by Gasteiger charge is -2.09. The van der Waals surface area contributed by atoms with E-state index in [0.717, 1.165) is 11.1 Å². The third-order valence-electron chi connectivity index (χ3n) is 2.68. The van der Waals surface area contributed by atoms with Gasteiger partial charge in [-0.3, -0.25) is 10.1 Å². The molecule has 6 heteroatoms. The normalized spacial score (nSPS) is 10.3. The number of ether oxygens (including phenoxy) is 1. The zero-order valence-electron chi connectivity index (χ0n) is 10.6. The standard InChI is InChI=1S/C14H11Cl2NO3/c1-9-2-4-14(12(6-9)17(18)19)20-13-5-3-10(8-15)7-11(13)16/h2-7H,8H2,1H3. The molecule has 2 aromatic rings. The number of nitrogens with zero attached hydrogens (tertiary/aromatic N) is 1. The number of hydrogen-bond acceptors (Lipinski definition) is 3. The molecule has 0 radical (unpaired) electrons. The molecule has 0 spiro atoms. The van der Waals surface area contributed by atoms with E-state index in [2.05, 4.69) is 0 Å². The van der Waals surface area contributed by atoms with Crippen molar-refractivity contribution in [2.45, 2.75) is 12.8 Å². The van der Waals surface area contributed by atoms with Crippen LogP contribution in [0.1, 0.15) is 11.1 Å². The molecule has 0 bridgehead atoms. The summed E-state index contributed by atoms with van der Waals surface area (Å²) in [6.07, 6.45) is 0. The van der Waals surface area contributed by atoms with E-state index < -0.39 is 4.92 Å². The maximum absolute atomic E-state index is 11.0. The lowest BCUT2D eigenvalue weighted by Crippen LogP contribution is -1.94. The highest BCUT2D eigenvalue weighted by Crippen LogP contribution is 2.35. The highest BCUT2D eigenvalue weighted by atomic mass is 35.5. The van der Waals surface area contributed by atoms with Gasteiger partial charge in [-0.25, -0.2) is 0 Å². The van der Waals surface area contributed by atoms with Crippen molar-refractivity contribution in [2.75, 3.05) is 0 Å². The lowest BCUT2D eigenvalue weighted by atomic mass is 10.2. The van der Waals surface area contributed by atoms with E-state index in [1.165, 1.54) is 6.07 Å². The number of nitro groups is 1. The van der Waals surface area contributed by atoms with Crippen LogP contribution in [0.3, 0.4) is 0 Å². The third kappa shape index (κ3) is 3.21. The van der Waals surface area contributed by atoms with E-state index in [0.29, 0.717) is 16.7 Å². The van der Waals surface area contributed by atoms with E-state index in [1.807, 2.05) is 0 Å². The Hall–Kier alpha value is -1.78. The Bertz CT molecular complexity index is 659. The summed E-state index contributed by atoms with van der Waals surface area (Å²) in [5, 5.41) is 11.4. The van der Waals surface area contributed by atoms with Crippen LogP contribution >= 0.6 is 23.2 Å². The minimum atomic E-state index is -0.483. The second-order valence-corrected chi connectivity index (χ2v) is 4.90. The summed E-state index contributed by atoms with van der Waals surface area (Å²) in [6, 6.07) is 9.82. The highest BCUT2D eigenvalue weighted by Gasteiger charge is 2.17. The number of aryl methyl sites for hydroxylation is 1. The molecular formula is C14H11Cl2NO3. The van der Waals surface area contributed by atoms with Gasteiger partial charge in [-0.15, -0.1) is 11.6 Å². The molecule has 0 heterocycles. The maximum Gasteiger partial charge on any atom is 0.311 e. The largest absolute Gasteiger partial charge is 0.449 e. The number of hydrogen-bond donors (Lipinski definition) is 0. The fourth-order valence-corrected chi connectivity index (χ4v) is 2.09. The first kappa shape index (κ1) is 14.6. The second kappa shape index (κ2) is 6.11. The molecule has 0 unspecified atom stereocenters. The van der Waals surface area contributed by atoms with Gasteiger partial charge in [0, 0.05) is 11.9 Å². The first-order valence-electron chi connectivity index (χ1n) is 5.78. The molecule has 0 saturated carbocycles. The van der Waals surface area contributed by atoms with Crippen molar-refractivity contribution in [3.63, 3.8) is 0 Å². The van der Waals surface area contributed by atoms with Crippen molar-refractivity contribution in [1.29, 1.82) is 0 Å². The summed E-state index contributed by atoms with van der Waals surface area (Å²) in [5.41, 5.74) is 1.54. The maximum atomic E-state index is 11.0. The molecule has 0 saturated heterocycles. The van der Waals surface area contributed by atoms with Crippen molar-refractivity contribution < 1.29 is 9.66 Å². The number of rotatable bonds is 4. The molecular weight excluding hydrogens is 301 g/mol. The molecule has 20 heavy (non-hydrogen) atoms. The van der Waals surface area contributed by atoms with Crippen molar-refractivity contribution in [2.24, 2.45) is 0 Å². The quantitative estimate of drug-likeness (QED) is 0.449. The number of nitro benzene ring substituents is 1.